The number of fused-ring (bicyclic) bond motifs is 1. The average molecular weight is 488 g/mol. The van der Waals surface area contributed by atoms with Crippen molar-refractivity contribution >= 4 is 10.8 Å². The van der Waals surface area contributed by atoms with Crippen molar-refractivity contribution in [1.82, 2.24) is 0 Å². The third-order valence-corrected chi connectivity index (χ3v) is 5.11. The van der Waals surface area contributed by atoms with E-state index in [2.05, 4.69) is 94.4 Å². The van der Waals surface area contributed by atoms with Crippen LogP contribution < -0.4 is 24.8 Å². The Labute approximate surface area is 214 Å². The maximum Gasteiger partial charge on any atom is 3.00 e. The second-order valence-electron chi connectivity index (χ2n) is 7.79. The van der Waals surface area contributed by atoms with Crippen molar-refractivity contribution in [3.05, 3.63) is 96.1 Å². The number of hydrogen-bond acceptors (Lipinski definition) is 1. The maximum atomic E-state index is 9.93. The van der Waals surface area contributed by atoms with E-state index in [1.54, 1.807) is 0 Å². The molecule has 4 rings (SSSR count). The van der Waals surface area contributed by atoms with Crippen molar-refractivity contribution in [2.45, 2.75) is 39.5 Å². The molecule has 0 aliphatic rings. The molecule has 4 aromatic carbocycles. The fraction of sp³-hybridized carbons (Fsp3) is 0.222. The summed E-state index contributed by atoms with van der Waals surface area (Å²) in [4.78, 5) is 0. The van der Waals surface area contributed by atoms with Crippen molar-refractivity contribution in [3.63, 3.8) is 0 Å². The molecule has 0 fully saturated rings. The summed E-state index contributed by atoms with van der Waals surface area (Å²) in [5.41, 5.74) is 4.70. The standard InChI is InChI=1S/C15H11.C12H18O.2ClH.Ti/c1-2-6-12(7-3-1)14-10-4-8-13-9-5-11-15(13)14;1-8(2)10-6-5-7-11(9(3)4)12(10)13;;;/h1-11H;5-9,13H,1-4H3;2*1H;/q-1;;;;+3/p-2. The summed E-state index contributed by atoms with van der Waals surface area (Å²) in [6.45, 7) is 8.39. The van der Waals surface area contributed by atoms with E-state index >= 15 is 0 Å². The summed E-state index contributed by atoms with van der Waals surface area (Å²) in [6, 6.07) is 29.4. The van der Waals surface area contributed by atoms with Gasteiger partial charge in [-0.05, 0) is 28.5 Å². The summed E-state index contributed by atoms with van der Waals surface area (Å²) in [5.74, 6) is 1.25. The molecule has 0 bridgehead atoms. The maximum absolute atomic E-state index is 9.93. The van der Waals surface area contributed by atoms with Crippen molar-refractivity contribution < 1.29 is 51.6 Å². The van der Waals surface area contributed by atoms with Crippen LogP contribution in [0.2, 0.25) is 0 Å². The Kier molecular flexibility index (Phi) is 13.0. The molecule has 4 aromatic rings. The minimum Gasteiger partial charge on any atom is -1.00 e. The number of benzene rings is 3. The summed E-state index contributed by atoms with van der Waals surface area (Å²) in [5, 5.41) is 12.6. The van der Waals surface area contributed by atoms with Crippen LogP contribution in [0, 0.1) is 0 Å². The molecule has 1 nitrogen and oxygen atoms in total. The first-order chi connectivity index (χ1) is 13.5. The number of rotatable bonds is 3. The molecule has 0 heterocycles. The number of phenols is 1. The molecule has 0 saturated heterocycles. The van der Waals surface area contributed by atoms with Crippen LogP contribution in [0.1, 0.15) is 50.7 Å². The monoisotopic (exact) mass is 487 g/mol. The number of aromatic hydroxyl groups is 1. The van der Waals surface area contributed by atoms with Gasteiger partial charge in [0.25, 0.3) is 0 Å². The molecule has 0 spiro atoms. The fourth-order valence-corrected chi connectivity index (χ4v) is 3.54. The second-order valence-corrected chi connectivity index (χ2v) is 7.79. The van der Waals surface area contributed by atoms with Crippen LogP contribution >= 0.6 is 0 Å². The number of para-hydroxylation sites is 1. The molecule has 0 saturated carbocycles. The molecule has 0 aliphatic carbocycles. The first-order valence-electron chi connectivity index (χ1n) is 10.0. The van der Waals surface area contributed by atoms with E-state index in [4.69, 9.17) is 0 Å². The van der Waals surface area contributed by atoms with E-state index in [1.807, 2.05) is 18.2 Å². The molecule has 0 unspecified atom stereocenters. The van der Waals surface area contributed by atoms with Gasteiger partial charge >= 0.3 is 21.7 Å². The van der Waals surface area contributed by atoms with Gasteiger partial charge in [0.15, 0.2) is 0 Å². The van der Waals surface area contributed by atoms with Crippen LogP contribution in [-0.4, -0.2) is 5.11 Å². The molecule has 0 atom stereocenters. The van der Waals surface area contributed by atoms with Crippen molar-refractivity contribution in [1.29, 1.82) is 0 Å². The zero-order chi connectivity index (χ0) is 20.1. The second kappa shape index (κ2) is 13.7. The summed E-state index contributed by atoms with van der Waals surface area (Å²) >= 11 is 0. The van der Waals surface area contributed by atoms with Gasteiger partial charge in [-0.25, -0.2) is 0 Å². The molecule has 4 heteroatoms. The molecule has 0 aliphatic heterocycles. The van der Waals surface area contributed by atoms with Crippen LogP contribution in [0.5, 0.6) is 5.75 Å². The summed E-state index contributed by atoms with van der Waals surface area (Å²) in [6.07, 6.45) is 0. The van der Waals surface area contributed by atoms with E-state index in [1.165, 1.54) is 21.9 Å². The van der Waals surface area contributed by atoms with Gasteiger partial charge in [-0.15, -0.1) is 29.0 Å². The Hall–Kier alpha value is -1.64. The minimum atomic E-state index is 0. The molecular formula is C27H29Cl2OTi. The molecule has 0 aromatic heterocycles. The molecular weight excluding hydrogens is 459 g/mol. The quantitative estimate of drug-likeness (QED) is 0.345. The SMILES string of the molecule is CC(C)c1cccc(C(C)C)c1O.[Cl-].[Cl-].[Ti+3].c1ccc(-c2cccc3[cH-]ccc23)cc1. The van der Waals surface area contributed by atoms with Crippen LogP contribution in [0.3, 0.4) is 0 Å². The average Bonchev–Trinajstić information content (AvgIpc) is 3.18. The van der Waals surface area contributed by atoms with Gasteiger partial charge in [0, 0.05) is 0 Å². The van der Waals surface area contributed by atoms with Crippen LogP contribution in [0.25, 0.3) is 21.9 Å². The van der Waals surface area contributed by atoms with Crippen molar-refractivity contribution in [2.24, 2.45) is 0 Å². The molecule has 161 valence electrons. The normalized spacial score (nSPS) is 9.87. The third-order valence-electron chi connectivity index (χ3n) is 5.11. The Morgan fingerprint density at radius 3 is 1.77 bits per heavy atom. The number of halogens is 2. The largest absolute Gasteiger partial charge is 3.00 e. The van der Waals surface area contributed by atoms with Crippen LogP contribution in [0.15, 0.2) is 84.9 Å². The van der Waals surface area contributed by atoms with Crippen LogP contribution in [-0.2, 0) is 21.7 Å². The van der Waals surface area contributed by atoms with E-state index in [9.17, 15) is 5.11 Å². The van der Waals surface area contributed by atoms with E-state index < -0.39 is 0 Å². The zero-order valence-electron chi connectivity index (χ0n) is 18.4. The van der Waals surface area contributed by atoms with Gasteiger partial charge in [-0.2, -0.15) is 12.1 Å². The first kappa shape index (κ1) is 29.4. The Balaban J connectivity index is 0.000000535. The van der Waals surface area contributed by atoms with Gasteiger partial charge in [0.2, 0.25) is 0 Å². The fourth-order valence-electron chi connectivity index (χ4n) is 3.54. The Morgan fingerprint density at radius 1 is 0.677 bits per heavy atom. The minimum absolute atomic E-state index is 0. The van der Waals surface area contributed by atoms with E-state index in [-0.39, 0.29) is 46.5 Å². The Bertz CT molecular complexity index is 1010. The Morgan fingerprint density at radius 2 is 1.23 bits per heavy atom. The van der Waals surface area contributed by atoms with Crippen molar-refractivity contribution in [2.75, 3.05) is 0 Å². The topological polar surface area (TPSA) is 20.2 Å². The van der Waals surface area contributed by atoms with Crippen LogP contribution in [0.4, 0.5) is 0 Å². The zero-order valence-corrected chi connectivity index (χ0v) is 21.5. The van der Waals surface area contributed by atoms with E-state index in [0.717, 1.165) is 11.1 Å². The van der Waals surface area contributed by atoms with Gasteiger partial charge < -0.3 is 29.9 Å². The first-order valence-corrected chi connectivity index (χ1v) is 10.0. The van der Waals surface area contributed by atoms with Crippen molar-refractivity contribution in [3.8, 4) is 16.9 Å². The molecule has 0 amide bonds. The predicted molar refractivity (Wildman–Crippen MR) is 121 cm³/mol. The van der Waals surface area contributed by atoms with Gasteiger partial charge in [0.05, 0.1) is 0 Å². The number of phenolic OH excluding ortho intramolecular Hbond substituents is 1. The van der Waals surface area contributed by atoms with Gasteiger partial charge in [0.1, 0.15) is 5.75 Å². The summed E-state index contributed by atoms with van der Waals surface area (Å²) in [7, 11) is 0. The molecule has 1 radical (unpaired) electrons. The smallest absolute Gasteiger partial charge is 1.00 e. The van der Waals surface area contributed by atoms with E-state index in [0.29, 0.717) is 17.6 Å². The predicted octanol–water partition coefficient (Wildman–Crippen LogP) is 1.87. The third kappa shape index (κ3) is 7.19. The number of hydrogen-bond donors (Lipinski definition) is 1. The molecule has 1 N–H and O–H groups in total. The van der Waals surface area contributed by atoms with Gasteiger partial charge in [-0.3, -0.25) is 0 Å². The van der Waals surface area contributed by atoms with Gasteiger partial charge in [-0.1, -0.05) is 87.9 Å². The summed E-state index contributed by atoms with van der Waals surface area (Å²) < 4.78 is 0. The molecule has 31 heavy (non-hydrogen) atoms.